The van der Waals surface area contributed by atoms with Crippen LogP contribution >= 0.6 is 15.6 Å². The summed E-state index contributed by atoms with van der Waals surface area (Å²) < 4.78 is 67.9. The fourth-order valence-corrected chi connectivity index (χ4v) is 11.5. The first-order valence-electron chi connectivity index (χ1n) is 34.7. The second kappa shape index (κ2) is 59.7. The Morgan fingerprint density at radius 3 is 0.835 bits per heavy atom. The maximum absolute atomic E-state index is 13.0. The van der Waals surface area contributed by atoms with Crippen molar-refractivity contribution < 1.29 is 80.2 Å². The molecule has 0 heterocycles. The first-order chi connectivity index (χ1) is 41.1. The summed E-state index contributed by atoms with van der Waals surface area (Å²) in [4.78, 5) is 72.1. The zero-order valence-corrected chi connectivity index (χ0v) is 56.5. The van der Waals surface area contributed by atoms with Gasteiger partial charge in [-0.25, -0.2) is 9.13 Å². The van der Waals surface area contributed by atoms with Crippen LogP contribution in [0.1, 0.15) is 336 Å². The molecule has 0 radical (unpaired) electrons. The van der Waals surface area contributed by atoms with Crippen LogP contribution in [-0.4, -0.2) is 96.7 Å². The summed E-state index contributed by atoms with van der Waals surface area (Å²) in [6, 6.07) is 0. The van der Waals surface area contributed by atoms with Crippen LogP contribution < -0.4 is 0 Å². The SMILES string of the molecule is CCCCCCCCCCCCCCCC(=O)OC[C@H](COP(=O)(O)OC[C@@H](O)COP(=O)(O)OC[C@@H](COC(=O)CCCCCCCCC)OC(=O)CCCCCCCCC)OC(=O)CCCCCCCCCCCCCCCCC(C)CC. The lowest BCUT2D eigenvalue weighted by atomic mass is 9.99. The van der Waals surface area contributed by atoms with E-state index in [1.165, 1.54) is 135 Å². The highest BCUT2D eigenvalue weighted by atomic mass is 31.2. The van der Waals surface area contributed by atoms with Crippen molar-refractivity contribution in [2.45, 2.75) is 355 Å². The molecule has 6 atom stereocenters. The monoisotopic (exact) mass is 1250 g/mol. The summed E-state index contributed by atoms with van der Waals surface area (Å²) in [5.74, 6) is -1.29. The lowest BCUT2D eigenvalue weighted by Crippen LogP contribution is -2.30. The molecule has 17 nitrogen and oxygen atoms in total. The number of carbonyl (C=O) groups is 4. The minimum atomic E-state index is -4.95. The van der Waals surface area contributed by atoms with E-state index >= 15 is 0 Å². The highest BCUT2D eigenvalue weighted by Crippen LogP contribution is 2.45. The number of esters is 4. The van der Waals surface area contributed by atoms with Crippen molar-refractivity contribution in [3.8, 4) is 0 Å². The quantitative estimate of drug-likeness (QED) is 0.0222. The van der Waals surface area contributed by atoms with Crippen LogP contribution in [0.5, 0.6) is 0 Å². The number of unbranched alkanes of at least 4 members (excludes halogenated alkanes) is 37. The third-order valence-corrected chi connectivity index (χ3v) is 17.5. The minimum Gasteiger partial charge on any atom is -0.462 e. The topological polar surface area (TPSA) is 237 Å². The molecule has 0 aromatic carbocycles. The zero-order valence-electron chi connectivity index (χ0n) is 54.7. The molecule has 504 valence electrons. The number of carbonyl (C=O) groups excluding carboxylic acids is 4. The van der Waals surface area contributed by atoms with E-state index in [4.69, 9.17) is 37.0 Å². The predicted octanol–water partition coefficient (Wildman–Crippen LogP) is 18.6. The van der Waals surface area contributed by atoms with E-state index in [-0.39, 0.29) is 25.7 Å². The standard InChI is InChI=1S/C66H128O17P2/c1-6-10-13-16-19-20-21-24-28-31-36-40-45-50-64(69)77-56-62(83-66(71)52-47-42-37-32-29-26-23-22-25-27-30-35-38-43-48-59(5)9-4)58-81-85(74,75)79-54-60(67)53-78-84(72,73)80-57-61(82-65(70)51-46-41-34-18-15-12-8-3)55-76-63(68)49-44-39-33-17-14-11-7-2/h59-62,67H,6-58H2,1-5H3,(H,72,73)(H,74,75)/t59?,60-,61+,62+/m0/s1. The lowest BCUT2D eigenvalue weighted by molar-refractivity contribution is -0.161. The van der Waals surface area contributed by atoms with E-state index in [1.807, 2.05) is 0 Å². The average molecular weight is 1260 g/mol. The zero-order chi connectivity index (χ0) is 62.8. The second-order valence-electron chi connectivity index (χ2n) is 24.1. The molecule has 0 saturated heterocycles. The van der Waals surface area contributed by atoms with Gasteiger partial charge < -0.3 is 33.8 Å². The number of rotatable bonds is 66. The molecule has 0 saturated carbocycles. The summed E-state index contributed by atoms with van der Waals surface area (Å²) >= 11 is 0. The van der Waals surface area contributed by atoms with Crippen LogP contribution in [0.2, 0.25) is 0 Å². The second-order valence-corrected chi connectivity index (χ2v) is 27.0. The number of ether oxygens (including phenoxy) is 4. The van der Waals surface area contributed by atoms with Gasteiger partial charge in [0.1, 0.15) is 19.3 Å². The van der Waals surface area contributed by atoms with Gasteiger partial charge in [0.15, 0.2) is 12.2 Å². The molecule has 0 aliphatic heterocycles. The molecule has 0 aliphatic carbocycles. The van der Waals surface area contributed by atoms with Crippen LogP contribution in [0.15, 0.2) is 0 Å². The highest BCUT2D eigenvalue weighted by molar-refractivity contribution is 7.47. The van der Waals surface area contributed by atoms with Gasteiger partial charge in [-0.1, -0.05) is 285 Å². The lowest BCUT2D eigenvalue weighted by Gasteiger charge is -2.21. The Morgan fingerprint density at radius 2 is 0.565 bits per heavy atom. The Bertz CT molecular complexity index is 1650. The predicted molar refractivity (Wildman–Crippen MR) is 340 cm³/mol. The third kappa shape index (κ3) is 59.5. The molecule has 0 aliphatic rings. The van der Waals surface area contributed by atoms with Gasteiger partial charge in [-0.15, -0.1) is 0 Å². The van der Waals surface area contributed by atoms with Crippen molar-refractivity contribution in [1.82, 2.24) is 0 Å². The molecule has 0 bridgehead atoms. The number of hydrogen-bond acceptors (Lipinski definition) is 15. The van der Waals surface area contributed by atoms with E-state index in [9.17, 15) is 43.2 Å². The number of aliphatic hydroxyl groups excluding tert-OH is 1. The Labute approximate surface area is 517 Å². The molecular formula is C66H128O17P2. The minimum absolute atomic E-state index is 0.104. The number of phosphoric acid groups is 2. The fraction of sp³-hybridized carbons (Fsp3) is 0.939. The first kappa shape index (κ1) is 83.1. The average Bonchev–Trinajstić information content (AvgIpc) is 3.55. The van der Waals surface area contributed by atoms with Crippen molar-refractivity contribution in [3.63, 3.8) is 0 Å². The Balaban J connectivity index is 5.15. The maximum Gasteiger partial charge on any atom is 0.472 e. The van der Waals surface area contributed by atoms with E-state index in [0.29, 0.717) is 25.7 Å². The highest BCUT2D eigenvalue weighted by Gasteiger charge is 2.30. The van der Waals surface area contributed by atoms with Gasteiger partial charge in [-0.3, -0.25) is 37.3 Å². The molecule has 0 aromatic rings. The van der Waals surface area contributed by atoms with Crippen molar-refractivity contribution >= 4 is 39.5 Å². The Morgan fingerprint density at radius 1 is 0.329 bits per heavy atom. The molecule has 0 aromatic heterocycles. The first-order valence-corrected chi connectivity index (χ1v) is 37.7. The van der Waals surface area contributed by atoms with Crippen LogP contribution in [0.25, 0.3) is 0 Å². The van der Waals surface area contributed by atoms with Gasteiger partial charge in [0.05, 0.1) is 26.4 Å². The van der Waals surface area contributed by atoms with E-state index in [1.54, 1.807) is 0 Å². The molecule has 0 rings (SSSR count). The normalized spacial score (nSPS) is 14.5. The van der Waals surface area contributed by atoms with Crippen molar-refractivity contribution in [2.24, 2.45) is 5.92 Å². The summed E-state index contributed by atoms with van der Waals surface area (Å²) in [7, 11) is -9.88. The van der Waals surface area contributed by atoms with E-state index < -0.39 is 97.5 Å². The van der Waals surface area contributed by atoms with E-state index in [0.717, 1.165) is 121 Å². The number of phosphoric ester groups is 2. The summed E-state index contributed by atoms with van der Waals surface area (Å²) in [6.07, 6.45) is 44.6. The van der Waals surface area contributed by atoms with Crippen LogP contribution in [0.4, 0.5) is 0 Å². The van der Waals surface area contributed by atoms with Crippen LogP contribution in [-0.2, 0) is 65.4 Å². The molecule has 3 N–H and O–H groups in total. The third-order valence-electron chi connectivity index (χ3n) is 15.6. The smallest absolute Gasteiger partial charge is 0.462 e. The van der Waals surface area contributed by atoms with Crippen molar-refractivity contribution in [3.05, 3.63) is 0 Å². The van der Waals surface area contributed by atoms with Crippen LogP contribution in [0.3, 0.4) is 0 Å². The molecule has 19 heteroatoms. The largest absolute Gasteiger partial charge is 0.472 e. The Hall–Kier alpha value is -1.94. The summed E-state index contributed by atoms with van der Waals surface area (Å²) in [6.45, 7) is 7.19. The summed E-state index contributed by atoms with van der Waals surface area (Å²) in [5.41, 5.74) is 0. The van der Waals surface area contributed by atoms with Gasteiger partial charge in [-0.2, -0.15) is 0 Å². The molecule has 0 spiro atoms. The molecule has 3 unspecified atom stereocenters. The number of aliphatic hydroxyl groups is 1. The van der Waals surface area contributed by atoms with E-state index in [2.05, 4.69) is 34.6 Å². The molecule has 0 fully saturated rings. The molecule has 0 amide bonds. The van der Waals surface area contributed by atoms with Gasteiger partial charge in [0.25, 0.3) is 0 Å². The summed E-state index contributed by atoms with van der Waals surface area (Å²) in [5, 5.41) is 10.5. The van der Waals surface area contributed by atoms with Crippen molar-refractivity contribution in [2.75, 3.05) is 39.6 Å². The molecule has 85 heavy (non-hydrogen) atoms. The molecular weight excluding hydrogens is 1130 g/mol. The van der Waals surface area contributed by atoms with Gasteiger partial charge in [0, 0.05) is 25.7 Å². The number of hydrogen-bond donors (Lipinski definition) is 3. The maximum atomic E-state index is 13.0. The van der Waals surface area contributed by atoms with Gasteiger partial charge in [-0.05, 0) is 31.6 Å². The van der Waals surface area contributed by atoms with Gasteiger partial charge >= 0.3 is 39.5 Å². The Kier molecular flexibility index (Phi) is 58.3. The fourth-order valence-electron chi connectivity index (χ4n) is 9.90. The van der Waals surface area contributed by atoms with Gasteiger partial charge in [0.2, 0.25) is 0 Å². The van der Waals surface area contributed by atoms with Crippen LogP contribution in [0, 0.1) is 5.92 Å². The van der Waals surface area contributed by atoms with Crippen molar-refractivity contribution in [1.29, 1.82) is 0 Å².